The first-order valence-electron chi connectivity index (χ1n) is 10.2. The van der Waals surface area contributed by atoms with Crippen LogP contribution >= 0.6 is 0 Å². The van der Waals surface area contributed by atoms with E-state index in [1.165, 1.54) is 0 Å². The van der Waals surface area contributed by atoms with Crippen LogP contribution in [-0.4, -0.2) is 67.2 Å². The molecule has 4 aromatic rings. The second kappa shape index (κ2) is 9.56. The van der Waals surface area contributed by atoms with Gasteiger partial charge in [-0.05, 0) is 53.2 Å². The molecule has 0 saturated carbocycles. The van der Waals surface area contributed by atoms with Gasteiger partial charge in [0.1, 0.15) is 57.7 Å². The van der Waals surface area contributed by atoms with E-state index in [-0.39, 0.29) is 0 Å². The van der Waals surface area contributed by atoms with E-state index in [9.17, 15) is 67.2 Å². The predicted octanol–water partition coefficient (Wildman–Crippen LogP) is 1.14. The number of hydrogen-bond acceptors (Lipinski definition) is 17. The van der Waals surface area contributed by atoms with Gasteiger partial charge in [-0.2, -0.15) is 0 Å². The van der Waals surface area contributed by atoms with E-state index in [0.29, 0.717) is 42.5 Å². The van der Waals surface area contributed by atoms with Gasteiger partial charge < -0.3 is 33.5 Å². The molecule has 0 atom stereocenters. The summed E-state index contributed by atoms with van der Waals surface area (Å²) in [7, 11) is -21.3. The fourth-order valence-electron chi connectivity index (χ4n) is 3.76. The fraction of sp³-hybridized carbons (Fsp3) is 0. The van der Waals surface area contributed by atoms with Crippen LogP contribution in [0.3, 0.4) is 0 Å². The second-order valence-electron chi connectivity index (χ2n) is 8.11. The summed E-state index contributed by atoms with van der Waals surface area (Å²) in [5.41, 5.74) is -1.96. The molecule has 4 rings (SSSR count). The van der Waals surface area contributed by atoms with Crippen molar-refractivity contribution in [1.29, 1.82) is 0 Å². The van der Waals surface area contributed by atoms with Gasteiger partial charge in [0, 0.05) is 0 Å². The first-order valence-corrected chi connectivity index (χ1v) is 15.8. The van der Waals surface area contributed by atoms with Crippen LogP contribution in [0.4, 0.5) is 11.4 Å². The molecule has 0 heterocycles. The Kier molecular flexibility index (Phi) is 7.00. The summed E-state index contributed by atoms with van der Waals surface area (Å²) >= 11 is 0. The van der Waals surface area contributed by atoms with Crippen molar-refractivity contribution in [3.05, 3.63) is 42.5 Å². The van der Waals surface area contributed by atoms with Gasteiger partial charge in [0.25, 0.3) is 0 Å². The van der Waals surface area contributed by atoms with Crippen molar-refractivity contribution in [2.75, 3.05) is 0 Å². The van der Waals surface area contributed by atoms with Gasteiger partial charge in [-0.25, -0.2) is 33.7 Å². The maximum Gasteiger partial charge on any atom is 0.155 e. The maximum absolute atomic E-state index is 12.0. The summed E-state index contributed by atoms with van der Waals surface area (Å²) in [6, 6.07) is 3.54. The summed E-state index contributed by atoms with van der Waals surface area (Å²) in [4.78, 5) is -4.54. The Labute approximate surface area is 229 Å². The topological polar surface area (TPSA) is 314 Å². The lowest BCUT2D eigenvalue weighted by Gasteiger charge is -2.16. The third-order valence-corrected chi connectivity index (χ3v) is 8.74. The van der Waals surface area contributed by atoms with Crippen LogP contribution in [0, 0.1) is 0 Å². The summed E-state index contributed by atoms with van der Waals surface area (Å²) in [5, 5.41) is 35.8. The summed E-state index contributed by atoms with van der Waals surface area (Å²) in [5.74, 6) is -3.35. The number of phenolic OH excluding ortho intramolecular Hbond substituents is 3. The predicted molar refractivity (Wildman–Crippen MR) is 129 cm³/mol. The van der Waals surface area contributed by atoms with Crippen LogP contribution in [0.2, 0.25) is 0 Å². The molecule has 0 aliphatic rings. The molecule has 0 fully saturated rings. The molecule has 0 radical (unpaired) electrons. The third-order valence-electron chi connectivity index (χ3n) is 5.45. The minimum Gasteiger partial charge on any atom is -0.744 e. The average Bonchev–Trinajstić information content (AvgIpc) is 2.80. The largest absolute Gasteiger partial charge is 0.744 e. The van der Waals surface area contributed by atoms with E-state index in [2.05, 4.69) is 10.2 Å². The van der Waals surface area contributed by atoms with Crippen LogP contribution < -0.4 is 0 Å². The molecule has 0 amide bonds. The van der Waals surface area contributed by atoms with Crippen LogP contribution in [0.25, 0.3) is 21.5 Å². The monoisotopic (exact) mass is 646 g/mol. The van der Waals surface area contributed by atoms with Crippen LogP contribution in [0.15, 0.2) is 72.3 Å². The Hall–Kier alpha value is -3.96. The quantitative estimate of drug-likeness (QED) is 0.195. The van der Waals surface area contributed by atoms with Gasteiger partial charge in [0.15, 0.2) is 5.75 Å². The molecule has 0 unspecified atom stereocenters. The average molecular weight is 647 g/mol. The van der Waals surface area contributed by atoms with Crippen molar-refractivity contribution in [2.45, 2.75) is 19.6 Å². The molecule has 0 aliphatic carbocycles. The Morgan fingerprint density at radius 3 is 1.37 bits per heavy atom. The van der Waals surface area contributed by atoms with E-state index < -0.39 is 110 Å². The molecule has 0 bridgehead atoms. The number of aromatic hydroxyl groups is 3. The summed E-state index contributed by atoms with van der Waals surface area (Å²) < 4.78 is 139. The zero-order valence-corrected chi connectivity index (χ0v) is 22.6. The molecule has 3 N–H and O–H groups in total. The Morgan fingerprint density at radius 2 is 0.927 bits per heavy atom. The molecule has 4 aromatic carbocycles. The van der Waals surface area contributed by atoms with Gasteiger partial charge in [-0.15, -0.1) is 10.2 Å². The van der Waals surface area contributed by atoms with Crippen molar-refractivity contribution in [1.82, 2.24) is 0 Å². The highest BCUT2D eigenvalue weighted by Crippen LogP contribution is 2.46. The second-order valence-corrected chi connectivity index (χ2v) is 13.6. The molecule has 21 heteroatoms. The highest BCUT2D eigenvalue weighted by atomic mass is 32.2. The van der Waals surface area contributed by atoms with Crippen molar-refractivity contribution >= 4 is 73.4 Å². The molecular formula is C20H10N2O15S4-4. The number of rotatable bonds is 6. The van der Waals surface area contributed by atoms with E-state index >= 15 is 0 Å². The van der Waals surface area contributed by atoms with Crippen LogP contribution in [0.1, 0.15) is 0 Å². The first kappa shape index (κ1) is 30.0. The first-order chi connectivity index (χ1) is 18.6. The number of azo groups is 1. The SMILES string of the molecule is O=S(=O)([O-])c1cc(O)c2c(N=Nc3c(S(=O)(=O)[O-])cc4cc(S(=O)(=O)[O-])cc(O)c4c3O)cc(S(=O)(=O)[O-])cc2c1. The number of nitrogens with zero attached hydrogens (tertiary/aromatic N) is 2. The number of hydrogen-bond donors (Lipinski definition) is 3. The van der Waals surface area contributed by atoms with Gasteiger partial charge >= 0.3 is 0 Å². The highest BCUT2D eigenvalue weighted by Gasteiger charge is 2.22. The van der Waals surface area contributed by atoms with Crippen LogP contribution in [0.5, 0.6) is 17.2 Å². The normalized spacial score (nSPS) is 13.4. The number of fused-ring (bicyclic) bond motifs is 2. The zero-order valence-electron chi connectivity index (χ0n) is 19.3. The van der Waals surface area contributed by atoms with E-state index in [4.69, 9.17) is 0 Å². The lowest BCUT2D eigenvalue weighted by Crippen LogP contribution is -2.01. The molecule has 0 aliphatic heterocycles. The molecule has 41 heavy (non-hydrogen) atoms. The minimum absolute atomic E-state index is 0.409. The molecule has 17 nitrogen and oxygen atoms in total. The van der Waals surface area contributed by atoms with Crippen molar-refractivity contribution in [3.8, 4) is 17.2 Å². The Balaban J connectivity index is 2.09. The molecule has 0 saturated heterocycles. The van der Waals surface area contributed by atoms with Gasteiger partial charge in [0.2, 0.25) is 0 Å². The molecule has 0 aromatic heterocycles. The third kappa shape index (κ3) is 5.77. The van der Waals surface area contributed by atoms with E-state index in [0.717, 1.165) is 0 Å². The Bertz CT molecular complexity index is 2270. The minimum atomic E-state index is -5.59. The smallest absolute Gasteiger partial charge is 0.155 e. The Morgan fingerprint density at radius 1 is 0.512 bits per heavy atom. The van der Waals surface area contributed by atoms with Gasteiger partial charge in [0.05, 0.1) is 36.0 Å². The summed E-state index contributed by atoms with van der Waals surface area (Å²) in [6.45, 7) is 0. The molecule has 218 valence electrons. The lowest BCUT2D eigenvalue weighted by molar-refractivity contribution is 0.451. The van der Waals surface area contributed by atoms with Gasteiger partial charge in [-0.1, -0.05) is 0 Å². The van der Waals surface area contributed by atoms with E-state index in [1.54, 1.807) is 0 Å². The molecule has 0 spiro atoms. The van der Waals surface area contributed by atoms with Crippen molar-refractivity contribution < 1.29 is 67.2 Å². The van der Waals surface area contributed by atoms with Crippen LogP contribution in [-0.2, 0) is 40.5 Å². The van der Waals surface area contributed by atoms with Crippen molar-refractivity contribution in [3.63, 3.8) is 0 Å². The standard InChI is InChI=1S/C20H14N2O15S4/c23-14-6-11(39(29,30)31)2-8-1-10(38(26,27)28)5-13(17(8)14)21-22-19-16(41(35,36)37)4-9-3-12(40(32,33)34)7-15(24)18(9)20(19)25/h1-7,23-25H,(H,26,27,28)(H,29,30,31)(H,32,33,34)(H,35,36,37)/p-4. The zero-order chi connectivity index (χ0) is 30.9. The van der Waals surface area contributed by atoms with Gasteiger partial charge in [-0.3, -0.25) is 0 Å². The lowest BCUT2D eigenvalue weighted by atomic mass is 10.1. The maximum atomic E-state index is 12.0. The van der Waals surface area contributed by atoms with Crippen molar-refractivity contribution in [2.24, 2.45) is 10.2 Å². The number of phenols is 3. The summed E-state index contributed by atoms with van der Waals surface area (Å²) in [6.07, 6.45) is 0. The molecular weight excluding hydrogens is 636 g/mol. The van der Waals surface area contributed by atoms with E-state index in [1.807, 2.05) is 0 Å². The fourth-order valence-corrected chi connectivity index (χ4v) is 5.99. The highest BCUT2D eigenvalue weighted by molar-refractivity contribution is 7.86. The number of benzene rings is 4.